The van der Waals surface area contributed by atoms with Crippen LogP contribution < -0.4 is 10.5 Å². The Balaban J connectivity index is 1.26. The Morgan fingerprint density at radius 3 is 2.53 bits per heavy atom. The number of rotatable bonds is 6. The summed E-state index contributed by atoms with van der Waals surface area (Å²) in [6.07, 6.45) is 1.82. The molecular weight excluding hydrogens is 458 g/mol. The summed E-state index contributed by atoms with van der Waals surface area (Å²) < 4.78 is 16.6. The number of amides is 1. The Morgan fingerprint density at radius 1 is 1.03 bits per heavy atom. The number of carbonyl (C=O) groups is 1. The third kappa shape index (κ3) is 5.52. The van der Waals surface area contributed by atoms with Crippen LogP contribution in [0.2, 0.25) is 0 Å². The largest absolute Gasteiger partial charge is 0.489 e. The minimum absolute atomic E-state index is 0.0405. The molecule has 0 aliphatic carbocycles. The molecule has 2 N–H and O–H groups in total. The van der Waals surface area contributed by atoms with Crippen molar-refractivity contribution < 1.29 is 18.8 Å². The molecule has 1 amide bonds. The van der Waals surface area contributed by atoms with Crippen molar-refractivity contribution in [3.8, 4) is 28.6 Å². The van der Waals surface area contributed by atoms with Crippen LogP contribution in [0.5, 0.6) is 5.75 Å². The molecule has 0 atom stereocenters. The fourth-order valence-electron chi connectivity index (χ4n) is 4.67. The molecule has 1 fully saturated rings. The summed E-state index contributed by atoms with van der Waals surface area (Å²) in [6.45, 7) is 8.71. The molecule has 9 heteroatoms. The number of anilines is 1. The van der Waals surface area contributed by atoms with Crippen molar-refractivity contribution in [1.82, 2.24) is 19.9 Å². The second-order valence-electron chi connectivity index (χ2n) is 9.60. The quantitative estimate of drug-likeness (QED) is 0.525. The summed E-state index contributed by atoms with van der Waals surface area (Å²) in [5.41, 5.74) is 10.9. The van der Waals surface area contributed by atoms with Gasteiger partial charge in [-0.2, -0.15) is 4.98 Å². The Labute approximate surface area is 211 Å². The van der Waals surface area contributed by atoms with Gasteiger partial charge in [0.25, 0.3) is 5.89 Å². The summed E-state index contributed by atoms with van der Waals surface area (Å²) in [7, 11) is 0. The number of morpholine rings is 1. The van der Waals surface area contributed by atoms with E-state index in [1.165, 1.54) is 11.1 Å². The Bertz CT molecular complexity index is 1220. The molecule has 0 saturated carbocycles. The van der Waals surface area contributed by atoms with E-state index in [9.17, 15) is 4.79 Å². The molecule has 1 aromatic heterocycles. The van der Waals surface area contributed by atoms with Crippen molar-refractivity contribution >= 4 is 11.6 Å². The highest BCUT2D eigenvalue weighted by Crippen LogP contribution is 2.30. The molecule has 3 heterocycles. The number of carbonyl (C=O) groups excluding carboxylic acids is 1. The van der Waals surface area contributed by atoms with Crippen LogP contribution in [0.4, 0.5) is 5.69 Å². The first kappa shape index (κ1) is 24.3. The molecule has 2 aliphatic heterocycles. The van der Waals surface area contributed by atoms with Gasteiger partial charge < -0.3 is 24.6 Å². The van der Waals surface area contributed by atoms with E-state index >= 15 is 0 Å². The van der Waals surface area contributed by atoms with E-state index < -0.39 is 0 Å². The number of aromatic nitrogens is 2. The Morgan fingerprint density at radius 2 is 1.78 bits per heavy atom. The summed E-state index contributed by atoms with van der Waals surface area (Å²) in [6, 6.07) is 11.8. The first-order chi connectivity index (χ1) is 17.5. The van der Waals surface area contributed by atoms with E-state index in [2.05, 4.69) is 27.2 Å². The number of nitrogen functional groups attached to an aromatic ring is 1. The van der Waals surface area contributed by atoms with Gasteiger partial charge in [-0.1, -0.05) is 17.3 Å². The predicted molar refractivity (Wildman–Crippen MR) is 137 cm³/mol. The molecule has 1 saturated heterocycles. The standard InChI is InChI=1S/C27H33N5O4/c1-18(2)35-24-6-5-22(16-23(24)28)27-29-26(30-36-27)21-4-3-19-7-9-31(10-8-20(19)15-21)17-25(33)32-11-13-34-14-12-32/h3-6,15-16,18H,7-14,17,28H2,1-2H3. The van der Waals surface area contributed by atoms with Gasteiger partial charge in [0.05, 0.1) is 31.5 Å². The van der Waals surface area contributed by atoms with E-state index in [0.717, 1.165) is 37.1 Å². The topological polar surface area (TPSA) is 107 Å². The fourth-order valence-corrected chi connectivity index (χ4v) is 4.67. The van der Waals surface area contributed by atoms with Gasteiger partial charge in [-0.15, -0.1) is 0 Å². The van der Waals surface area contributed by atoms with Crippen molar-refractivity contribution in [3.05, 3.63) is 47.5 Å². The number of nitrogens with zero attached hydrogens (tertiary/aromatic N) is 4. The van der Waals surface area contributed by atoms with Gasteiger partial charge in [0.2, 0.25) is 11.7 Å². The van der Waals surface area contributed by atoms with Gasteiger partial charge in [0.15, 0.2) is 0 Å². The van der Waals surface area contributed by atoms with Crippen LogP contribution in [0.1, 0.15) is 25.0 Å². The molecule has 0 unspecified atom stereocenters. The SMILES string of the molecule is CC(C)Oc1ccc(-c2nc(-c3ccc4c(c3)CCN(CC(=O)N3CCOCC3)CC4)no2)cc1N. The average molecular weight is 492 g/mol. The zero-order valence-electron chi connectivity index (χ0n) is 20.9. The molecule has 36 heavy (non-hydrogen) atoms. The van der Waals surface area contributed by atoms with Gasteiger partial charge in [0.1, 0.15) is 5.75 Å². The van der Waals surface area contributed by atoms with Gasteiger partial charge in [-0.3, -0.25) is 9.69 Å². The molecule has 0 bridgehead atoms. The molecule has 9 nitrogen and oxygen atoms in total. The normalized spacial score (nSPS) is 16.6. The average Bonchev–Trinajstić information content (AvgIpc) is 3.29. The highest BCUT2D eigenvalue weighted by atomic mass is 16.5. The third-order valence-corrected chi connectivity index (χ3v) is 6.63. The Hall–Kier alpha value is -3.43. The number of fused-ring (bicyclic) bond motifs is 1. The van der Waals surface area contributed by atoms with Crippen LogP contribution in [0.3, 0.4) is 0 Å². The fraction of sp³-hybridized carbons (Fsp3) is 0.444. The number of ether oxygens (including phenoxy) is 2. The van der Waals surface area contributed by atoms with Crippen molar-refractivity contribution in [2.24, 2.45) is 0 Å². The second kappa shape index (κ2) is 10.7. The van der Waals surface area contributed by atoms with E-state index in [4.69, 9.17) is 19.7 Å². The summed E-state index contributed by atoms with van der Waals surface area (Å²) in [4.78, 5) is 21.5. The lowest BCUT2D eigenvalue weighted by Crippen LogP contribution is -2.46. The molecule has 2 aliphatic rings. The second-order valence-corrected chi connectivity index (χ2v) is 9.60. The van der Waals surface area contributed by atoms with Gasteiger partial charge in [0, 0.05) is 37.3 Å². The summed E-state index contributed by atoms with van der Waals surface area (Å²) >= 11 is 0. The number of benzene rings is 2. The minimum atomic E-state index is 0.0405. The van der Waals surface area contributed by atoms with Gasteiger partial charge in [-0.05, 0) is 62.1 Å². The minimum Gasteiger partial charge on any atom is -0.489 e. The van der Waals surface area contributed by atoms with Crippen molar-refractivity contribution in [3.63, 3.8) is 0 Å². The van der Waals surface area contributed by atoms with Crippen LogP contribution in [0, 0.1) is 0 Å². The lowest BCUT2D eigenvalue weighted by atomic mass is 10.00. The highest BCUT2D eigenvalue weighted by Gasteiger charge is 2.22. The first-order valence-corrected chi connectivity index (χ1v) is 12.6. The summed E-state index contributed by atoms with van der Waals surface area (Å²) in [5, 5.41) is 4.21. The highest BCUT2D eigenvalue weighted by molar-refractivity contribution is 5.78. The van der Waals surface area contributed by atoms with Gasteiger partial charge in [-0.25, -0.2) is 0 Å². The van der Waals surface area contributed by atoms with Crippen molar-refractivity contribution in [1.29, 1.82) is 0 Å². The van der Waals surface area contributed by atoms with Crippen LogP contribution in [-0.2, 0) is 22.4 Å². The van der Waals surface area contributed by atoms with Crippen molar-refractivity contribution in [2.45, 2.75) is 32.8 Å². The van der Waals surface area contributed by atoms with E-state index in [1.54, 1.807) is 6.07 Å². The molecule has 5 rings (SSSR count). The van der Waals surface area contributed by atoms with Gasteiger partial charge >= 0.3 is 0 Å². The van der Waals surface area contributed by atoms with E-state index in [0.29, 0.717) is 56.0 Å². The third-order valence-electron chi connectivity index (χ3n) is 6.63. The van der Waals surface area contributed by atoms with Crippen molar-refractivity contribution in [2.75, 3.05) is 51.7 Å². The molecule has 0 radical (unpaired) electrons. The van der Waals surface area contributed by atoms with E-state index in [-0.39, 0.29) is 12.0 Å². The molecule has 3 aromatic rings. The number of hydrogen-bond donors (Lipinski definition) is 1. The Kier molecular flexibility index (Phi) is 7.20. The molecule has 0 spiro atoms. The zero-order chi connectivity index (χ0) is 25.1. The number of nitrogens with two attached hydrogens (primary N) is 1. The van der Waals surface area contributed by atoms with Crippen LogP contribution in [0.15, 0.2) is 40.9 Å². The maximum Gasteiger partial charge on any atom is 0.258 e. The van der Waals surface area contributed by atoms with E-state index in [1.807, 2.05) is 36.9 Å². The van der Waals surface area contributed by atoms with Crippen LogP contribution in [0.25, 0.3) is 22.8 Å². The maximum absolute atomic E-state index is 12.7. The summed E-state index contributed by atoms with van der Waals surface area (Å²) in [5.74, 6) is 1.78. The number of hydrogen-bond acceptors (Lipinski definition) is 8. The zero-order valence-corrected chi connectivity index (χ0v) is 20.9. The molecule has 2 aromatic carbocycles. The lowest BCUT2D eigenvalue weighted by molar-refractivity contribution is -0.136. The van der Waals surface area contributed by atoms with Crippen LogP contribution in [-0.4, -0.2) is 77.9 Å². The first-order valence-electron chi connectivity index (χ1n) is 12.6. The van der Waals surface area contributed by atoms with Crippen LogP contribution >= 0.6 is 0 Å². The monoisotopic (exact) mass is 491 g/mol. The lowest BCUT2D eigenvalue weighted by Gasteiger charge is -2.29. The maximum atomic E-state index is 12.7. The predicted octanol–water partition coefficient (Wildman–Crippen LogP) is 3.03. The smallest absolute Gasteiger partial charge is 0.258 e. The molecule has 190 valence electrons. The molecular formula is C27H33N5O4.